The average Bonchev–Trinajstić information content (AvgIpc) is 2.93. The average molecular weight is 295 g/mol. The zero-order valence-electron chi connectivity index (χ0n) is 15.3. The van der Waals surface area contributed by atoms with E-state index in [1.807, 2.05) is 0 Å². The van der Waals surface area contributed by atoms with Crippen molar-refractivity contribution >= 4 is 0 Å². The van der Waals surface area contributed by atoms with Crippen LogP contribution in [0.25, 0.3) is 0 Å². The minimum absolute atomic E-state index is 0.475. The van der Waals surface area contributed by atoms with Crippen molar-refractivity contribution in [3.8, 4) is 0 Å². The first-order valence-electron chi connectivity index (χ1n) is 9.20. The van der Waals surface area contributed by atoms with Gasteiger partial charge < -0.3 is 10.2 Å². The summed E-state index contributed by atoms with van der Waals surface area (Å²) < 4.78 is 0. The number of rotatable bonds is 5. The number of nitrogens with zero attached hydrogens (tertiary/aromatic N) is 1. The lowest BCUT2D eigenvalue weighted by atomic mass is 9.80. The van der Waals surface area contributed by atoms with Gasteiger partial charge in [-0.25, -0.2) is 0 Å². The van der Waals surface area contributed by atoms with Crippen LogP contribution in [0, 0.1) is 22.7 Å². The summed E-state index contributed by atoms with van der Waals surface area (Å²) >= 11 is 0. The first-order chi connectivity index (χ1) is 9.74. The number of likely N-dealkylation sites (tertiary alicyclic amines) is 1. The predicted molar refractivity (Wildman–Crippen MR) is 92.6 cm³/mol. The first kappa shape index (κ1) is 17.3. The van der Waals surface area contributed by atoms with Crippen LogP contribution in [-0.2, 0) is 0 Å². The molecule has 1 N–H and O–H groups in total. The summed E-state index contributed by atoms with van der Waals surface area (Å²) in [5, 5.41) is 3.86. The van der Waals surface area contributed by atoms with Crippen LogP contribution in [0.3, 0.4) is 0 Å². The van der Waals surface area contributed by atoms with Gasteiger partial charge in [0.2, 0.25) is 0 Å². The first-order valence-corrected chi connectivity index (χ1v) is 9.20. The minimum Gasteiger partial charge on any atom is -0.313 e. The van der Waals surface area contributed by atoms with Crippen molar-refractivity contribution in [3.05, 3.63) is 0 Å². The highest BCUT2D eigenvalue weighted by molar-refractivity contribution is 4.98. The van der Waals surface area contributed by atoms with Gasteiger partial charge in [-0.05, 0) is 61.4 Å². The second-order valence-electron chi connectivity index (χ2n) is 9.33. The second-order valence-corrected chi connectivity index (χ2v) is 9.33. The molecule has 1 aliphatic heterocycles. The third-order valence-corrected chi connectivity index (χ3v) is 6.08. The maximum Gasteiger partial charge on any atom is 0.0159 e. The maximum atomic E-state index is 3.86. The zero-order valence-corrected chi connectivity index (χ0v) is 15.3. The van der Waals surface area contributed by atoms with Gasteiger partial charge in [0.1, 0.15) is 0 Å². The van der Waals surface area contributed by atoms with Crippen LogP contribution in [0.2, 0.25) is 0 Å². The van der Waals surface area contributed by atoms with E-state index in [1.54, 1.807) is 0 Å². The van der Waals surface area contributed by atoms with Crippen LogP contribution in [-0.4, -0.2) is 37.1 Å². The lowest BCUT2D eigenvalue weighted by Crippen LogP contribution is -2.45. The molecule has 2 aliphatic rings. The van der Waals surface area contributed by atoms with E-state index in [0.29, 0.717) is 16.9 Å². The summed E-state index contributed by atoms with van der Waals surface area (Å²) in [5.41, 5.74) is 0.951. The molecular weight excluding hydrogens is 256 g/mol. The Morgan fingerprint density at radius 1 is 1.19 bits per heavy atom. The summed E-state index contributed by atoms with van der Waals surface area (Å²) in [4.78, 5) is 2.75. The summed E-state index contributed by atoms with van der Waals surface area (Å²) in [5.74, 6) is 1.74. The van der Waals surface area contributed by atoms with Gasteiger partial charge in [0.15, 0.2) is 0 Å². The van der Waals surface area contributed by atoms with E-state index in [0.717, 1.165) is 11.8 Å². The molecule has 1 saturated heterocycles. The zero-order chi connectivity index (χ0) is 15.7. The Hall–Kier alpha value is -0.0800. The topological polar surface area (TPSA) is 15.3 Å². The van der Waals surface area contributed by atoms with Gasteiger partial charge in [0.25, 0.3) is 0 Å². The molecule has 3 unspecified atom stereocenters. The predicted octanol–water partition coefficient (Wildman–Crippen LogP) is 4.16. The Balaban J connectivity index is 1.90. The Labute approximate surface area is 133 Å². The van der Waals surface area contributed by atoms with Gasteiger partial charge in [0.05, 0.1) is 0 Å². The number of nitrogens with one attached hydrogen (secondary N) is 1. The van der Waals surface area contributed by atoms with Gasteiger partial charge in [0, 0.05) is 19.1 Å². The molecule has 0 bridgehead atoms. The van der Waals surface area contributed by atoms with Crippen LogP contribution in [0.5, 0.6) is 0 Å². The van der Waals surface area contributed by atoms with E-state index in [1.165, 1.54) is 51.9 Å². The Morgan fingerprint density at radius 2 is 1.90 bits per heavy atom. The maximum absolute atomic E-state index is 3.86. The molecular formula is C19H38N2. The minimum atomic E-state index is 0.475. The molecule has 2 heteroatoms. The highest BCUT2D eigenvalue weighted by Gasteiger charge is 2.43. The molecule has 1 aliphatic carbocycles. The van der Waals surface area contributed by atoms with Gasteiger partial charge in [-0.1, -0.05) is 41.5 Å². The Morgan fingerprint density at radius 3 is 2.48 bits per heavy atom. The summed E-state index contributed by atoms with van der Waals surface area (Å²) in [6.07, 6.45) is 5.43. The van der Waals surface area contributed by atoms with Gasteiger partial charge in [-0.3, -0.25) is 0 Å². The van der Waals surface area contributed by atoms with Crippen molar-refractivity contribution in [2.24, 2.45) is 22.7 Å². The third kappa shape index (κ3) is 4.22. The fraction of sp³-hybridized carbons (Fsp3) is 1.00. The quantitative estimate of drug-likeness (QED) is 0.819. The highest BCUT2D eigenvalue weighted by atomic mass is 15.2. The molecule has 0 radical (unpaired) electrons. The SMILES string of the molecule is CCCNC1C(CN2CCC(C(C)(C)C)C2)CCC1(C)C. The summed E-state index contributed by atoms with van der Waals surface area (Å²) in [6.45, 7) is 19.6. The smallest absolute Gasteiger partial charge is 0.0159 e. The van der Waals surface area contributed by atoms with E-state index < -0.39 is 0 Å². The van der Waals surface area contributed by atoms with Gasteiger partial charge >= 0.3 is 0 Å². The van der Waals surface area contributed by atoms with Crippen molar-refractivity contribution in [2.45, 2.75) is 73.3 Å². The molecule has 0 spiro atoms. The molecule has 2 fully saturated rings. The Bertz CT molecular complexity index is 329. The summed E-state index contributed by atoms with van der Waals surface area (Å²) in [7, 11) is 0. The van der Waals surface area contributed by atoms with Crippen LogP contribution < -0.4 is 5.32 Å². The molecule has 0 aromatic heterocycles. The molecule has 21 heavy (non-hydrogen) atoms. The molecule has 0 aromatic carbocycles. The second kappa shape index (κ2) is 6.58. The largest absolute Gasteiger partial charge is 0.313 e. The van der Waals surface area contributed by atoms with Gasteiger partial charge in [-0.15, -0.1) is 0 Å². The third-order valence-electron chi connectivity index (χ3n) is 6.08. The molecule has 0 aromatic rings. The number of hydrogen-bond acceptors (Lipinski definition) is 2. The standard InChI is InChI=1S/C19H38N2/c1-7-11-20-17-15(8-10-19(17,5)6)13-21-12-9-16(14-21)18(2,3)4/h15-17,20H,7-14H2,1-6H3. The molecule has 1 heterocycles. The van der Waals surface area contributed by atoms with Crippen LogP contribution >= 0.6 is 0 Å². The fourth-order valence-corrected chi connectivity index (χ4v) is 4.49. The van der Waals surface area contributed by atoms with Crippen molar-refractivity contribution in [1.82, 2.24) is 10.2 Å². The monoisotopic (exact) mass is 294 g/mol. The molecule has 2 nitrogen and oxygen atoms in total. The van der Waals surface area contributed by atoms with Gasteiger partial charge in [-0.2, -0.15) is 0 Å². The van der Waals surface area contributed by atoms with Crippen LogP contribution in [0.15, 0.2) is 0 Å². The molecule has 0 amide bonds. The van der Waals surface area contributed by atoms with E-state index in [4.69, 9.17) is 0 Å². The number of hydrogen-bond donors (Lipinski definition) is 1. The normalized spacial score (nSPS) is 33.7. The molecule has 2 rings (SSSR count). The molecule has 1 saturated carbocycles. The van der Waals surface area contributed by atoms with Crippen molar-refractivity contribution in [3.63, 3.8) is 0 Å². The highest BCUT2D eigenvalue weighted by Crippen LogP contribution is 2.42. The molecule has 3 atom stereocenters. The van der Waals surface area contributed by atoms with E-state index in [-0.39, 0.29) is 0 Å². The van der Waals surface area contributed by atoms with Crippen LogP contribution in [0.1, 0.15) is 67.2 Å². The fourth-order valence-electron chi connectivity index (χ4n) is 4.49. The van der Waals surface area contributed by atoms with E-state index >= 15 is 0 Å². The van der Waals surface area contributed by atoms with Crippen molar-refractivity contribution in [2.75, 3.05) is 26.2 Å². The summed E-state index contributed by atoms with van der Waals surface area (Å²) in [6, 6.07) is 0.714. The lowest BCUT2D eigenvalue weighted by molar-refractivity contribution is 0.184. The van der Waals surface area contributed by atoms with E-state index in [9.17, 15) is 0 Å². The van der Waals surface area contributed by atoms with Crippen molar-refractivity contribution in [1.29, 1.82) is 0 Å². The molecule has 124 valence electrons. The van der Waals surface area contributed by atoms with Crippen molar-refractivity contribution < 1.29 is 0 Å². The lowest BCUT2D eigenvalue weighted by Gasteiger charge is -2.34. The van der Waals surface area contributed by atoms with E-state index in [2.05, 4.69) is 51.8 Å². The van der Waals surface area contributed by atoms with Crippen LogP contribution in [0.4, 0.5) is 0 Å². The Kier molecular flexibility index (Phi) is 5.41.